The van der Waals surface area contributed by atoms with Gasteiger partial charge in [0.05, 0.1) is 20.6 Å². The lowest BCUT2D eigenvalue weighted by Crippen LogP contribution is -2.43. The van der Waals surface area contributed by atoms with Gasteiger partial charge in [0, 0.05) is 19.6 Å². The number of hydrogen-bond donors (Lipinski definition) is 2. The Morgan fingerprint density at radius 3 is 2.44 bits per heavy atom. The van der Waals surface area contributed by atoms with E-state index in [4.69, 9.17) is 14.6 Å². The highest BCUT2D eigenvalue weighted by molar-refractivity contribution is 5.75. The van der Waals surface area contributed by atoms with Crippen LogP contribution in [0, 0.1) is 5.92 Å². The van der Waals surface area contributed by atoms with Crippen molar-refractivity contribution in [1.82, 2.24) is 10.2 Å². The fraction of sp³-hybridized carbons (Fsp3) is 0.556. The predicted molar refractivity (Wildman–Crippen MR) is 95.3 cm³/mol. The second kappa shape index (κ2) is 10.4. The summed E-state index contributed by atoms with van der Waals surface area (Å²) in [5, 5.41) is 11.3. The number of carbonyl (C=O) groups is 2. The first-order valence-electron chi connectivity index (χ1n) is 8.32. The minimum absolute atomic E-state index is 0.0864. The van der Waals surface area contributed by atoms with Crippen molar-refractivity contribution in [2.75, 3.05) is 33.9 Å². The van der Waals surface area contributed by atoms with Gasteiger partial charge in [0.1, 0.15) is 0 Å². The van der Waals surface area contributed by atoms with Crippen molar-refractivity contribution < 1.29 is 24.2 Å². The quantitative estimate of drug-likeness (QED) is 0.675. The Kier molecular flexibility index (Phi) is 8.60. The summed E-state index contributed by atoms with van der Waals surface area (Å²) in [6.07, 6.45) is 0.580. The predicted octanol–water partition coefficient (Wildman–Crippen LogP) is 2.39. The van der Waals surface area contributed by atoms with E-state index >= 15 is 0 Å². The maximum Gasteiger partial charge on any atom is 0.317 e. The summed E-state index contributed by atoms with van der Waals surface area (Å²) < 4.78 is 10.5. The molecule has 0 aliphatic carbocycles. The molecule has 0 heterocycles. The van der Waals surface area contributed by atoms with E-state index < -0.39 is 5.97 Å². The highest BCUT2D eigenvalue weighted by Crippen LogP contribution is 2.27. The smallest absolute Gasteiger partial charge is 0.317 e. The Morgan fingerprint density at radius 1 is 1.20 bits per heavy atom. The summed E-state index contributed by atoms with van der Waals surface area (Å²) >= 11 is 0. The largest absolute Gasteiger partial charge is 0.493 e. The van der Waals surface area contributed by atoms with Crippen LogP contribution in [-0.4, -0.2) is 55.9 Å². The summed E-state index contributed by atoms with van der Waals surface area (Å²) in [5.74, 6) is 0.703. The molecule has 0 saturated heterocycles. The van der Waals surface area contributed by atoms with Crippen molar-refractivity contribution in [1.29, 1.82) is 0 Å². The number of rotatable bonds is 10. The molecule has 1 aromatic rings. The van der Waals surface area contributed by atoms with Crippen LogP contribution in [0.4, 0.5) is 4.79 Å². The number of carboxylic acids is 1. The van der Waals surface area contributed by atoms with Crippen LogP contribution in [0.1, 0.15) is 25.8 Å². The zero-order valence-corrected chi connectivity index (χ0v) is 15.4. The molecular formula is C18H28N2O5. The molecular weight excluding hydrogens is 324 g/mol. The van der Waals surface area contributed by atoms with Gasteiger partial charge in [-0.15, -0.1) is 0 Å². The molecule has 0 aromatic heterocycles. The second-order valence-corrected chi connectivity index (χ2v) is 6.15. The van der Waals surface area contributed by atoms with Gasteiger partial charge in [0.25, 0.3) is 0 Å². The molecule has 0 bridgehead atoms. The van der Waals surface area contributed by atoms with Gasteiger partial charge in [-0.05, 0) is 30.0 Å². The lowest BCUT2D eigenvalue weighted by molar-refractivity contribution is -0.136. The van der Waals surface area contributed by atoms with Crippen molar-refractivity contribution in [3.63, 3.8) is 0 Å². The van der Waals surface area contributed by atoms with Gasteiger partial charge in [-0.1, -0.05) is 19.9 Å². The monoisotopic (exact) mass is 352 g/mol. The lowest BCUT2D eigenvalue weighted by atomic mass is 10.1. The SMILES string of the molecule is COc1ccc(CCN(CC(C)C)C(=O)NCCC(=O)O)cc1OC. The first-order valence-corrected chi connectivity index (χ1v) is 8.32. The summed E-state index contributed by atoms with van der Waals surface area (Å²) in [4.78, 5) is 24.6. The van der Waals surface area contributed by atoms with Gasteiger partial charge in [-0.25, -0.2) is 4.79 Å². The van der Waals surface area contributed by atoms with Crippen molar-refractivity contribution in [2.45, 2.75) is 26.7 Å². The number of ether oxygens (including phenoxy) is 2. The molecule has 140 valence electrons. The number of nitrogens with zero attached hydrogens (tertiary/aromatic N) is 1. The van der Waals surface area contributed by atoms with E-state index in [1.54, 1.807) is 19.1 Å². The van der Waals surface area contributed by atoms with E-state index in [0.717, 1.165) is 5.56 Å². The molecule has 7 heteroatoms. The molecule has 0 atom stereocenters. The van der Waals surface area contributed by atoms with E-state index in [1.807, 2.05) is 32.0 Å². The van der Waals surface area contributed by atoms with E-state index in [0.29, 0.717) is 36.9 Å². The lowest BCUT2D eigenvalue weighted by Gasteiger charge is -2.25. The van der Waals surface area contributed by atoms with Gasteiger partial charge in [0.15, 0.2) is 11.5 Å². The van der Waals surface area contributed by atoms with Crippen LogP contribution in [0.25, 0.3) is 0 Å². The minimum atomic E-state index is -0.930. The van der Waals surface area contributed by atoms with E-state index in [-0.39, 0.29) is 19.0 Å². The summed E-state index contributed by atoms with van der Waals surface area (Å²) in [6.45, 7) is 5.33. The number of aliphatic carboxylic acids is 1. The van der Waals surface area contributed by atoms with E-state index in [2.05, 4.69) is 5.32 Å². The van der Waals surface area contributed by atoms with Crippen LogP contribution in [0.5, 0.6) is 11.5 Å². The maximum atomic E-state index is 12.3. The molecule has 1 aromatic carbocycles. The summed E-state index contributed by atoms with van der Waals surface area (Å²) in [7, 11) is 3.17. The Bertz CT molecular complexity index is 575. The number of urea groups is 1. The third kappa shape index (κ3) is 7.32. The van der Waals surface area contributed by atoms with Crippen LogP contribution >= 0.6 is 0 Å². The van der Waals surface area contributed by atoms with E-state index in [1.165, 1.54) is 0 Å². The number of methoxy groups -OCH3 is 2. The molecule has 0 aliphatic heterocycles. The fourth-order valence-corrected chi connectivity index (χ4v) is 2.40. The number of benzene rings is 1. The van der Waals surface area contributed by atoms with Crippen LogP contribution < -0.4 is 14.8 Å². The summed E-state index contributed by atoms with van der Waals surface area (Å²) in [6, 6.07) is 5.44. The Morgan fingerprint density at radius 2 is 1.88 bits per heavy atom. The molecule has 0 radical (unpaired) electrons. The van der Waals surface area contributed by atoms with Crippen molar-refractivity contribution in [2.24, 2.45) is 5.92 Å². The molecule has 0 fully saturated rings. The number of nitrogens with one attached hydrogen (secondary N) is 1. The molecule has 0 saturated carbocycles. The van der Waals surface area contributed by atoms with Gasteiger partial charge in [-0.3, -0.25) is 4.79 Å². The number of carboxylic acid groups (broad SMARTS) is 1. The van der Waals surface area contributed by atoms with Crippen LogP contribution in [0.2, 0.25) is 0 Å². The fourth-order valence-electron chi connectivity index (χ4n) is 2.40. The van der Waals surface area contributed by atoms with Crippen LogP contribution in [0.3, 0.4) is 0 Å². The second-order valence-electron chi connectivity index (χ2n) is 6.15. The molecule has 2 N–H and O–H groups in total. The first kappa shape index (κ1) is 20.6. The zero-order chi connectivity index (χ0) is 18.8. The molecule has 25 heavy (non-hydrogen) atoms. The van der Waals surface area contributed by atoms with Crippen molar-refractivity contribution in [3.05, 3.63) is 23.8 Å². The topological polar surface area (TPSA) is 88.1 Å². The number of amides is 2. The molecule has 2 amide bonds. The van der Waals surface area contributed by atoms with Crippen LogP contribution in [-0.2, 0) is 11.2 Å². The zero-order valence-electron chi connectivity index (χ0n) is 15.4. The average molecular weight is 352 g/mol. The standard InChI is InChI=1S/C18H28N2O5/c1-13(2)12-20(18(23)19-9-7-17(21)22)10-8-14-5-6-15(24-3)16(11-14)25-4/h5-6,11,13H,7-10,12H2,1-4H3,(H,19,23)(H,21,22). The third-order valence-corrected chi connectivity index (χ3v) is 3.61. The van der Waals surface area contributed by atoms with Gasteiger partial charge in [-0.2, -0.15) is 0 Å². The molecule has 0 aliphatic rings. The van der Waals surface area contributed by atoms with Crippen molar-refractivity contribution >= 4 is 12.0 Å². The highest BCUT2D eigenvalue weighted by atomic mass is 16.5. The Labute approximate surface area is 148 Å². The average Bonchev–Trinajstić information content (AvgIpc) is 2.57. The minimum Gasteiger partial charge on any atom is -0.493 e. The first-order chi connectivity index (χ1) is 11.9. The third-order valence-electron chi connectivity index (χ3n) is 3.61. The summed E-state index contributed by atoms with van der Waals surface area (Å²) in [5.41, 5.74) is 1.03. The molecule has 7 nitrogen and oxygen atoms in total. The Balaban J connectivity index is 2.68. The molecule has 1 rings (SSSR count). The van der Waals surface area contributed by atoms with Gasteiger partial charge in [0.2, 0.25) is 0 Å². The maximum absolute atomic E-state index is 12.3. The Hall–Kier alpha value is -2.44. The molecule has 0 unspecified atom stereocenters. The highest BCUT2D eigenvalue weighted by Gasteiger charge is 2.15. The number of carbonyl (C=O) groups excluding carboxylic acids is 1. The van der Waals surface area contributed by atoms with Crippen molar-refractivity contribution in [3.8, 4) is 11.5 Å². The normalized spacial score (nSPS) is 10.4. The van der Waals surface area contributed by atoms with Crippen LogP contribution in [0.15, 0.2) is 18.2 Å². The van der Waals surface area contributed by atoms with E-state index in [9.17, 15) is 9.59 Å². The molecule has 0 spiro atoms. The number of hydrogen-bond acceptors (Lipinski definition) is 4. The van der Waals surface area contributed by atoms with Gasteiger partial charge < -0.3 is 24.8 Å². The van der Waals surface area contributed by atoms with Gasteiger partial charge >= 0.3 is 12.0 Å².